The van der Waals surface area contributed by atoms with E-state index in [0.29, 0.717) is 12.1 Å². The van der Waals surface area contributed by atoms with Crippen LogP contribution in [0.1, 0.15) is 50.5 Å². The maximum atomic E-state index is 13.8. The van der Waals surface area contributed by atoms with Gasteiger partial charge in [-0.2, -0.15) is 18.3 Å². The van der Waals surface area contributed by atoms with Gasteiger partial charge in [0.2, 0.25) is 0 Å². The second-order valence-electron chi connectivity index (χ2n) is 7.98. The first-order valence-corrected chi connectivity index (χ1v) is 10.4. The summed E-state index contributed by atoms with van der Waals surface area (Å²) in [5.74, 6) is -1.89. The second kappa shape index (κ2) is 8.73. The third-order valence-corrected chi connectivity index (χ3v) is 5.62. The molecule has 11 heteroatoms. The number of aromatic nitrogens is 2. The fourth-order valence-corrected chi connectivity index (χ4v) is 3.90. The highest BCUT2D eigenvalue weighted by Gasteiger charge is 2.44. The Morgan fingerprint density at radius 2 is 1.74 bits per heavy atom. The molecular formula is C23H21F3N4O4. The molecular weight excluding hydrogens is 453 g/mol. The first-order chi connectivity index (χ1) is 16.0. The van der Waals surface area contributed by atoms with E-state index in [1.807, 2.05) is 0 Å². The molecule has 0 saturated heterocycles. The number of aromatic carboxylic acids is 1. The van der Waals surface area contributed by atoms with Crippen LogP contribution in [0.25, 0.3) is 0 Å². The number of carboxylic acid groups (broad SMARTS) is 1. The van der Waals surface area contributed by atoms with Gasteiger partial charge in [-0.25, -0.2) is 9.48 Å². The summed E-state index contributed by atoms with van der Waals surface area (Å²) in [4.78, 5) is 25.8. The standard InChI is InChI=1S/C23H21F3N4O4/c1-13(15-4-6-16(7-5-15)22(33)34)27-20(32)18-19(23(24,25)26)28-30-11-10-29(21(18)30)12-14-2-8-17(31)9-3-14/h2-9,13,31H,10-12H2,1H3,(H,27,32)(H,33,34). The molecule has 1 unspecified atom stereocenters. The molecule has 8 nitrogen and oxygen atoms in total. The number of carboxylic acids is 1. The zero-order valence-electron chi connectivity index (χ0n) is 18.0. The molecule has 1 aliphatic heterocycles. The predicted octanol–water partition coefficient (Wildman–Crippen LogP) is 3.82. The van der Waals surface area contributed by atoms with Crippen LogP contribution in [0.4, 0.5) is 19.0 Å². The molecule has 178 valence electrons. The summed E-state index contributed by atoms with van der Waals surface area (Å²) in [6.45, 7) is 2.39. The number of phenolic OH excluding ortho intramolecular Hbond substituents is 1. The Hall–Kier alpha value is -4.02. The smallest absolute Gasteiger partial charge is 0.436 e. The van der Waals surface area contributed by atoms with Crippen molar-refractivity contribution in [3.8, 4) is 5.75 Å². The van der Waals surface area contributed by atoms with Gasteiger partial charge < -0.3 is 20.4 Å². The average molecular weight is 474 g/mol. The molecule has 1 atom stereocenters. The van der Waals surface area contributed by atoms with Gasteiger partial charge in [-0.1, -0.05) is 24.3 Å². The molecule has 1 aliphatic rings. The third-order valence-electron chi connectivity index (χ3n) is 5.62. The van der Waals surface area contributed by atoms with Crippen LogP contribution < -0.4 is 10.2 Å². The molecule has 0 radical (unpaired) electrons. The van der Waals surface area contributed by atoms with Gasteiger partial charge in [0.1, 0.15) is 17.1 Å². The first-order valence-electron chi connectivity index (χ1n) is 10.4. The largest absolute Gasteiger partial charge is 0.508 e. The number of nitrogens with one attached hydrogen (secondary N) is 1. The lowest BCUT2D eigenvalue weighted by atomic mass is 10.1. The molecule has 3 aromatic rings. The van der Waals surface area contributed by atoms with Crippen molar-refractivity contribution in [1.82, 2.24) is 15.1 Å². The number of phenols is 1. The molecule has 0 aliphatic carbocycles. The lowest BCUT2D eigenvalue weighted by Crippen LogP contribution is -2.31. The molecule has 2 heterocycles. The SMILES string of the molecule is CC(NC(=O)c1c(C(F)(F)F)nn2c1N(Cc1ccc(O)cc1)CC2)c1ccc(C(=O)O)cc1. The first kappa shape index (κ1) is 23.1. The van der Waals surface area contributed by atoms with Crippen LogP contribution in [0.5, 0.6) is 5.75 Å². The molecule has 34 heavy (non-hydrogen) atoms. The van der Waals surface area contributed by atoms with Crippen molar-refractivity contribution in [1.29, 1.82) is 0 Å². The van der Waals surface area contributed by atoms with Crippen LogP contribution in [0.15, 0.2) is 48.5 Å². The number of anilines is 1. The molecule has 3 N–H and O–H groups in total. The van der Waals surface area contributed by atoms with E-state index >= 15 is 0 Å². The van der Waals surface area contributed by atoms with E-state index in [1.54, 1.807) is 24.0 Å². The summed E-state index contributed by atoms with van der Waals surface area (Å²) in [7, 11) is 0. The number of nitrogens with zero attached hydrogens (tertiary/aromatic N) is 3. The van der Waals surface area contributed by atoms with E-state index in [-0.39, 0.29) is 30.2 Å². The van der Waals surface area contributed by atoms with Crippen molar-refractivity contribution in [2.75, 3.05) is 11.4 Å². The highest BCUT2D eigenvalue weighted by atomic mass is 19.4. The number of amides is 1. The minimum atomic E-state index is -4.83. The summed E-state index contributed by atoms with van der Waals surface area (Å²) in [6.07, 6.45) is -4.83. The van der Waals surface area contributed by atoms with E-state index in [0.717, 1.165) is 5.56 Å². The highest BCUT2D eigenvalue weighted by molar-refractivity contribution is 6.01. The van der Waals surface area contributed by atoms with Crippen molar-refractivity contribution in [3.63, 3.8) is 0 Å². The monoisotopic (exact) mass is 474 g/mol. The number of benzene rings is 2. The zero-order chi connectivity index (χ0) is 24.6. The Balaban J connectivity index is 1.64. The van der Waals surface area contributed by atoms with Gasteiger partial charge in [0.15, 0.2) is 5.69 Å². The van der Waals surface area contributed by atoms with Crippen LogP contribution >= 0.6 is 0 Å². The Bertz CT molecular complexity index is 1220. The Kier molecular flexibility index (Phi) is 5.94. The van der Waals surface area contributed by atoms with E-state index in [2.05, 4.69) is 10.4 Å². The molecule has 1 amide bonds. The topological polar surface area (TPSA) is 108 Å². The van der Waals surface area contributed by atoms with Gasteiger partial charge in [-0.05, 0) is 42.3 Å². The number of alkyl halides is 3. The van der Waals surface area contributed by atoms with Crippen LogP contribution in [0.2, 0.25) is 0 Å². The van der Waals surface area contributed by atoms with E-state index in [1.165, 1.54) is 41.1 Å². The van der Waals surface area contributed by atoms with Gasteiger partial charge in [-0.15, -0.1) is 0 Å². The van der Waals surface area contributed by atoms with Gasteiger partial charge >= 0.3 is 12.1 Å². The third kappa shape index (κ3) is 4.54. The van der Waals surface area contributed by atoms with Crippen molar-refractivity contribution in [2.24, 2.45) is 0 Å². The number of fused-ring (bicyclic) bond motifs is 1. The number of hydrogen-bond acceptors (Lipinski definition) is 5. The van der Waals surface area contributed by atoms with Crippen LogP contribution in [0.3, 0.4) is 0 Å². The Morgan fingerprint density at radius 3 is 2.32 bits per heavy atom. The minimum Gasteiger partial charge on any atom is -0.508 e. The number of carbonyl (C=O) groups is 2. The van der Waals surface area contributed by atoms with E-state index in [9.17, 15) is 27.9 Å². The summed E-state index contributed by atoms with van der Waals surface area (Å²) >= 11 is 0. The summed E-state index contributed by atoms with van der Waals surface area (Å²) in [5, 5.41) is 24.8. The second-order valence-corrected chi connectivity index (χ2v) is 7.98. The quantitative estimate of drug-likeness (QED) is 0.502. The molecule has 4 rings (SSSR count). The summed E-state index contributed by atoms with van der Waals surface area (Å²) < 4.78 is 42.5. The van der Waals surface area contributed by atoms with Gasteiger partial charge in [-0.3, -0.25) is 4.79 Å². The average Bonchev–Trinajstić information content (AvgIpc) is 3.35. The zero-order valence-corrected chi connectivity index (χ0v) is 18.0. The summed E-state index contributed by atoms with van der Waals surface area (Å²) in [5.41, 5.74) is -0.474. The maximum Gasteiger partial charge on any atom is 0.436 e. The Labute approximate surface area is 192 Å². The number of rotatable bonds is 6. The fraction of sp³-hybridized carbons (Fsp3) is 0.261. The number of hydrogen-bond donors (Lipinski definition) is 3. The molecule has 0 bridgehead atoms. The van der Waals surface area contributed by atoms with Crippen LogP contribution in [-0.2, 0) is 19.3 Å². The molecule has 0 fully saturated rings. The van der Waals surface area contributed by atoms with E-state index < -0.39 is 35.4 Å². The van der Waals surface area contributed by atoms with Gasteiger partial charge in [0.05, 0.1) is 18.2 Å². The van der Waals surface area contributed by atoms with Crippen molar-refractivity contribution >= 4 is 17.7 Å². The predicted molar refractivity (Wildman–Crippen MR) is 116 cm³/mol. The highest BCUT2D eigenvalue weighted by Crippen LogP contribution is 2.38. The minimum absolute atomic E-state index is 0.0564. The summed E-state index contributed by atoms with van der Waals surface area (Å²) in [6, 6.07) is 11.3. The number of carbonyl (C=O) groups excluding carboxylic acids is 1. The molecule has 0 saturated carbocycles. The van der Waals surface area contributed by atoms with Gasteiger partial charge in [0, 0.05) is 13.1 Å². The maximum absolute atomic E-state index is 13.8. The molecule has 0 spiro atoms. The Morgan fingerprint density at radius 1 is 1.09 bits per heavy atom. The van der Waals surface area contributed by atoms with Crippen molar-refractivity contribution in [3.05, 3.63) is 76.5 Å². The lowest BCUT2D eigenvalue weighted by molar-refractivity contribution is -0.141. The van der Waals surface area contributed by atoms with Crippen molar-refractivity contribution < 1.29 is 33.0 Å². The number of aromatic hydroxyl groups is 1. The molecule has 1 aromatic heterocycles. The molecule has 2 aromatic carbocycles. The van der Waals surface area contributed by atoms with Crippen LogP contribution in [-0.4, -0.2) is 38.4 Å². The van der Waals surface area contributed by atoms with E-state index in [4.69, 9.17) is 5.11 Å². The normalized spacial score (nSPS) is 14.1. The van der Waals surface area contributed by atoms with Crippen LogP contribution in [0, 0.1) is 0 Å². The van der Waals surface area contributed by atoms with Crippen molar-refractivity contribution in [2.45, 2.75) is 32.2 Å². The fourth-order valence-electron chi connectivity index (χ4n) is 3.90. The number of halogens is 3. The van der Waals surface area contributed by atoms with Gasteiger partial charge in [0.25, 0.3) is 5.91 Å². The lowest BCUT2D eigenvalue weighted by Gasteiger charge is -2.21.